The number of hydrogen-bond acceptors (Lipinski definition) is 4. The lowest BCUT2D eigenvalue weighted by molar-refractivity contribution is -0.122. The van der Waals surface area contributed by atoms with Gasteiger partial charge in [-0.2, -0.15) is 0 Å². The van der Waals surface area contributed by atoms with E-state index in [0.29, 0.717) is 24.8 Å². The molecule has 0 fully saturated rings. The van der Waals surface area contributed by atoms with Crippen LogP contribution in [0, 0.1) is 5.92 Å². The number of rotatable bonds is 7. The summed E-state index contributed by atoms with van der Waals surface area (Å²) in [5.41, 5.74) is 0.105. The van der Waals surface area contributed by atoms with Crippen molar-refractivity contribution in [1.29, 1.82) is 0 Å². The van der Waals surface area contributed by atoms with Crippen LogP contribution in [0.3, 0.4) is 0 Å². The second-order valence-electron chi connectivity index (χ2n) is 4.85. The average Bonchev–Trinajstić information content (AvgIpc) is 2.81. The molecule has 3 N–H and O–H groups in total. The summed E-state index contributed by atoms with van der Waals surface area (Å²) in [6.45, 7) is 6.73. The molecule has 1 amide bonds. The zero-order valence-electron chi connectivity index (χ0n) is 11.4. The molecule has 1 aromatic rings. The van der Waals surface area contributed by atoms with Crippen molar-refractivity contribution in [3.05, 3.63) is 23.7 Å². The molecule has 0 aromatic carbocycles. The molecule has 6 nitrogen and oxygen atoms in total. The maximum Gasteiger partial charge on any atom is 0.338 e. The molecule has 0 aliphatic carbocycles. The Morgan fingerprint density at radius 3 is 2.58 bits per heavy atom. The van der Waals surface area contributed by atoms with E-state index in [9.17, 15) is 9.59 Å². The lowest BCUT2D eigenvalue weighted by Crippen LogP contribution is -2.42. The molecule has 0 saturated heterocycles. The van der Waals surface area contributed by atoms with Crippen LogP contribution in [-0.4, -0.2) is 29.6 Å². The van der Waals surface area contributed by atoms with E-state index in [4.69, 9.17) is 9.52 Å². The third-order valence-corrected chi connectivity index (χ3v) is 2.56. The molecule has 1 aromatic heterocycles. The van der Waals surface area contributed by atoms with Gasteiger partial charge in [0.1, 0.15) is 12.0 Å². The van der Waals surface area contributed by atoms with E-state index in [1.165, 1.54) is 12.3 Å². The molecule has 0 aliphatic heterocycles. The molecule has 0 saturated carbocycles. The Labute approximate surface area is 112 Å². The Kier molecular flexibility index (Phi) is 5.57. The van der Waals surface area contributed by atoms with Crippen LogP contribution in [0.4, 0.5) is 0 Å². The van der Waals surface area contributed by atoms with E-state index in [1.807, 2.05) is 13.8 Å². The Hall–Kier alpha value is -1.82. The van der Waals surface area contributed by atoms with Gasteiger partial charge in [0.15, 0.2) is 0 Å². The maximum absolute atomic E-state index is 11.7. The van der Waals surface area contributed by atoms with E-state index < -0.39 is 5.97 Å². The largest absolute Gasteiger partial charge is 0.478 e. The number of carboxylic acids is 1. The molecular weight excluding hydrogens is 248 g/mol. The number of carboxylic acid groups (broad SMARTS) is 1. The van der Waals surface area contributed by atoms with Gasteiger partial charge in [-0.3, -0.25) is 10.1 Å². The van der Waals surface area contributed by atoms with Gasteiger partial charge in [0, 0.05) is 6.54 Å². The van der Waals surface area contributed by atoms with Crippen molar-refractivity contribution in [2.45, 2.75) is 33.4 Å². The molecule has 6 heteroatoms. The lowest BCUT2D eigenvalue weighted by Gasteiger charge is -2.14. The summed E-state index contributed by atoms with van der Waals surface area (Å²) in [7, 11) is 0. The zero-order chi connectivity index (χ0) is 14.4. The fourth-order valence-corrected chi connectivity index (χ4v) is 1.39. The number of carbonyl (C=O) groups is 2. The van der Waals surface area contributed by atoms with Crippen molar-refractivity contribution in [3.8, 4) is 0 Å². The topological polar surface area (TPSA) is 91.6 Å². The zero-order valence-corrected chi connectivity index (χ0v) is 11.4. The first-order valence-corrected chi connectivity index (χ1v) is 6.22. The second kappa shape index (κ2) is 6.94. The smallest absolute Gasteiger partial charge is 0.338 e. The van der Waals surface area contributed by atoms with Crippen LogP contribution in [0.5, 0.6) is 0 Å². The van der Waals surface area contributed by atoms with Gasteiger partial charge < -0.3 is 14.8 Å². The van der Waals surface area contributed by atoms with E-state index >= 15 is 0 Å². The molecule has 0 aliphatic rings. The Bertz CT molecular complexity index is 440. The summed E-state index contributed by atoms with van der Waals surface area (Å²) >= 11 is 0. The van der Waals surface area contributed by atoms with Gasteiger partial charge in [-0.25, -0.2) is 4.79 Å². The van der Waals surface area contributed by atoms with Crippen molar-refractivity contribution < 1.29 is 19.1 Å². The Balaban J connectivity index is 2.38. The molecule has 106 valence electrons. The van der Waals surface area contributed by atoms with Gasteiger partial charge in [-0.15, -0.1) is 0 Å². The predicted molar refractivity (Wildman–Crippen MR) is 69.8 cm³/mol. The van der Waals surface area contributed by atoms with Crippen LogP contribution in [0.15, 0.2) is 16.7 Å². The first-order valence-electron chi connectivity index (χ1n) is 6.22. The summed E-state index contributed by atoms with van der Waals surface area (Å²) in [5, 5.41) is 14.5. The molecule has 1 rings (SSSR count). The standard InChI is InChI=1S/C13H20N2O4/c1-8(2)5-15-12(16)9(3)14-6-11-4-10(7-19-11)13(17)18/h4,7-9,14H,5-6H2,1-3H3,(H,15,16)(H,17,18). The van der Waals surface area contributed by atoms with Gasteiger partial charge in [-0.05, 0) is 18.9 Å². The maximum atomic E-state index is 11.7. The highest BCUT2D eigenvalue weighted by atomic mass is 16.4. The first-order chi connectivity index (χ1) is 8.90. The van der Waals surface area contributed by atoms with Crippen LogP contribution < -0.4 is 10.6 Å². The fourth-order valence-electron chi connectivity index (χ4n) is 1.39. The van der Waals surface area contributed by atoms with Gasteiger partial charge >= 0.3 is 5.97 Å². The molecule has 19 heavy (non-hydrogen) atoms. The van der Waals surface area contributed by atoms with Crippen molar-refractivity contribution >= 4 is 11.9 Å². The Morgan fingerprint density at radius 1 is 1.37 bits per heavy atom. The van der Waals surface area contributed by atoms with Crippen LogP contribution in [-0.2, 0) is 11.3 Å². The van der Waals surface area contributed by atoms with Gasteiger partial charge in [0.25, 0.3) is 0 Å². The number of hydrogen-bond donors (Lipinski definition) is 3. The summed E-state index contributed by atoms with van der Waals surface area (Å²) < 4.78 is 5.08. The second-order valence-corrected chi connectivity index (χ2v) is 4.85. The normalized spacial score (nSPS) is 12.4. The highest BCUT2D eigenvalue weighted by Gasteiger charge is 2.14. The lowest BCUT2D eigenvalue weighted by atomic mass is 10.2. The number of carbonyl (C=O) groups excluding carboxylic acids is 1. The van der Waals surface area contributed by atoms with Crippen LogP contribution in [0.2, 0.25) is 0 Å². The molecule has 0 spiro atoms. The van der Waals surface area contributed by atoms with Crippen LogP contribution in [0.25, 0.3) is 0 Å². The third kappa shape index (κ3) is 5.13. The summed E-state index contributed by atoms with van der Waals surface area (Å²) in [6.07, 6.45) is 1.18. The number of aromatic carboxylic acids is 1. The number of furan rings is 1. The van der Waals surface area contributed by atoms with Crippen molar-refractivity contribution in [2.24, 2.45) is 5.92 Å². The van der Waals surface area contributed by atoms with Crippen LogP contribution >= 0.6 is 0 Å². The third-order valence-electron chi connectivity index (χ3n) is 2.56. The molecule has 1 unspecified atom stereocenters. The quantitative estimate of drug-likeness (QED) is 0.691. The molecular formula is C13H20N2O4. The minimum Gasteiger partial charge on any atom is -0.478 e. The van der Waals surface area contributed by atoms with E-state index in [1.54, 1.807) is 6.92 Å². The molecule has 1 atom stereocenters. The van der Waals surface area contributed by atoms with Crippen molar-refractivity contribution in [1.82, 2.24) is 10.6 Å². The highest BCUT2D eigenvalue weighted by molar-refractivity contribution is 5.87. The number of nitrogens with one attached hydrogen (secondary N) is 2. The average molecular weight is 268 g/mol. The van der Waals surface area contributed by atoms with Crippen molar-refractivity contribution in [2.75, 3.05) is 6.54 Å². The minimum absolute atomic E-state index is 0.0845. The summed E-state index contributed by atoms with van der Waals surface area (Å²) in [4.78, 5) is 22.3. The van der Waals surface area contributed by atoms with Crippen LogP contribution in [0.1, 0.15) is 36.9 Å². The highest BCUT2D eigenvalue weighted by Crippen LogP contribution is 2.07. The SMILES string of the molecule is CC(C)CNC(=O)C(C)NCc1cc(C(=O)O)co1. The first kappa shape index (κ1) is 15.2. The number of amides is 1. The van der Waals surface area contributed by atoms with Gasteiger partial charge in [0.2, 0.25) is 5.91 Å². The van der Waals surface area contributed by atoms with E-state index in [-0.39, 0.29) is 17.5 Å². The molecule has 0 bridgehead atoms. The van der Waals surface area contributed by atoms with E-state index in [2.05, 4.69) is 10.6 Å². The predicted octanol–water partition coefficient (Wildman–Crippen LogP) is 1.23. The minimum atomic E-state index is -1.03. The monoisotopic (exact) mass is 268 g/mol. The van der Waals surface area contributed by atoms with Gasteiger partial charge in [0.05, 0.1) is 18.2 Å². The molecule has 1 heterocycles. The van der Waals surface area contributed by atoms with Gasteiger partial charge in [-0.1, -0.05) is 13.8 Å². The van der Waals surface area contributed by atoms with E-state index in [0.717, 1.165) is 0 Å². The fraction of sp³-hybridized carbons (Fsp3) is 0.538. The summed E-state index contributed by atoms with van der Waals surface area (Å²) in [5.74, 6) is -0.225. The van der Waals surface area contributed by atoms with Crippen molar-refractivity contribution in [3.63, 3.8) is 0 Å². The summed E-state index contributed by atoms with van der Waals surface area (Å²) in [6, 6.07) is 1.07. The Morgan fingerprint density at radius 2 is 2.05 bits per heavy atom. The molecule has 0 radical (unpaired) electrons.